The summed E-state index contributed by atoms with van der Waals surface area (Å²) in [5, 5.41) is 3.23. The van der Waals surface area contributed by atoms with Crippen molar-refractivity contribution in [2.45, 2.75) is 77.5 Å². The second-order valence-corrected chi connectivity index (χ2v) is 8.06. The largest absolute Gasteiger partial charge is 0.354 e. The van der Waals surface area contributed by atoms with Crippen LogP contribution in [0.3, 0.4) is 0 Å². The van der Waals surface area contributed by atoms with Gasteiger partial charge in [0.05, 0.1) is 0 Å². The molecule has 0 saturated heterocycles. The fourth-order valence-electron chi connectivity index (χ4n) is 3.70. The van der Waals surface area contributed by atoms with Crippen LogP contribution in [0.15, 0.2) is 0 Å². The molecule has 1 fully saturated rings. The summed E-state index contributed by atoms with van der Waals surface area (Å²) >= 11 is 3.76. The molecule has 118 valence electrons. The van der Waals surface area contributed by atoms with Crippen molar-refractivity contribution in [1.82, 2.24) is 5.32 Å². The van der Waals surface area contributed by atoms with Crippen LogP contribution in [0.2, 0.25) is 0 Å². The number of carbonyl (C=O) groups excluding carboxylic acids is 1. The van der Waals surface area contributed by atoms with Crippen LogP contribution < -0.4 is 5.32 Å². The van der Waals surface area contributed by atoms with Crippen LogP contribution >= 0.6 is 15.9 Å². The number of halogens is 1. The Morgan fingerprint density at radius 2 is 1.75 bits per heavy atom. The van der Waals surface area contributed by atoms with E-state index in [-0.39, 0.29) is 5.41 Å². The maximum atomic E-state index is 12.7. The predicted molar refractivity (Wildman–Crippen MR) is 90.2 cm³/mol. The molecule has 2 nitrogen and oxygen atoms in total. The average Bonchev–Trinajstić information content (AvgIpc) is 2.86. The molecule has 1 aliphatic carbocycles. The van der Waals surface area contributed by atoms with Crippen molar-refractivity contribution in [2.75, 3.05) is 6.54 Å². The Balaban J connectivity index is 2.55. The van der Waals surface area contributed by atoms with Crippen LogP contribution in [-0.4, -0.2) is 17.3 Å². The molecule has 0 radical (unpaired) electrons. The van der Waals surface area contributed by atoms with Gasteiger partial charge < -0.3 is 5.32 Å². The zero-order valence-corrected chi connectivity index (χ0v) is 15.3. The van der Waals surface area contributed by atoms with Crippen LogP contribution in [0, 0.1) is 17.3 Å². The predicted octanol–water partition coefficient (Wildman–Crippen LogP) is 4.91. The van der Waals surface area contributed by atoms with Gasteiger partial charge in [0, 0.05) is 16.8 Å². The molecule has 0 bridgehead atoms. The van der Waals surface area contributed by atoms with Gasteiger partial charge in [-0.2, -0.15) is 0 Å². The molecule has 20 heavy (non-hydrogen) atoms. The summed E-state index contributed by atoms with van der Waals surface area (Å²) in [6.07, 6.45) is 7.95. The van der Waals surface area contributed by atoms with Crippen molar-refractivity contribution in [1.29, 1.82) is 0 Å². The number of amides is 1. The normalized spacial score (nSPS) is 19.6. The first-order chi connectivity index (χ1) is 9.45. The maximum absolute atomic E-state index is 12.7. The van der Waals surface area contributed by atoms with Crippen LogP contribution in [0.1, 0.15) is 72.6 Å². The molecule has 0 aromatic carbocycles. The lowest BCUT2D eigenvalue weighted by Crippen LogP contribution is -2.43. The summed E-state index contributed by atoms with van der Waals surface area (Å²) in [7, 11) is 0. The summed E-state index contributed by atoms with van der Waals surface area (Å²) in [6, 6.07) is 0. The highest BCUT2D eigenvalue weighted by molar-refractivity contribution is 9.09. The summed E-state index contributed by atoms with van der Waals surface area (Å²) < 4.78 is 0. The Bertz CT molecular complexity index is 293. The van der Waals surface area contributed by atoms with Crippen molar-refractivity contribution >= 4 is 21.8 Å². The molecule has 0 aromatic heterocycles. The van der Waals surface area contributed by atoms with Crippen molar-refractivity contribution in [3.05, 3.63) is 0 Å². The lowest BCUT2D eigenvalue weighted by Gasteiger charge is -2.30. The zero-order valence-electron chi connectivity index (χ0n) is 13.7. The molecule has 1 rings (SSSR count). The Kier molecular flexibility index (Phi) is 7.57. The summed E-state index contributed by atoms with van der Waals surface area (Å²) in [5.41, 5.74) is -0.0746. The van der Waals surface area contributed by atoms with E-state index < -0.39 is 0 Å². The van der Waals surface area contributed by atoms with Crippen molar-refractivity contribution in [3.8, 4) is 0 Å². The monoisotopic (exact) mass is 345 g/mol. The quantitative estimate of drug-likeness (QED) is 0.622. The third-order valence-corrected chi connectivity index (χ3v) is 5.93. The lowest BCUT2D eigenvalue weighted by molar-refractivity contribution is -0.131. The molecule has 1 N–H and O–H groups in total. The maximum Gasteiger partial charge on any atom is 0.226 e. The van der Waals surface area contributed by atoms with E-state index in [9.17, 15) is 4.79 Å². The summed E-state index contributed by atoms with van der Waals surface area (Å²) in [5.74, 6) is 1.55. The van der Waals surface area contributed by atoms with Gasteiger partial charge in [0.1, 0.15) is 0 Å². The molecule has 0 heterocycles. The number of rotatable bonds is 8. The minimum absolute atomic E-state index is 0.0746. The number of nitrogens with one attached hydrogen (secondary N) is 1. The minimum atomic E-state index is -0.0746. The van der Waals surface area contributed by atoms with E-state index >= 15 is 0 Å². The highest BCUT2D eigenvalue weighted by Crippen LogP contribution is 2.43. The van der Waals surface area contributed by atoms with Gasteiger partial charge in [-0.25, -0.2) is 0 Å². The van der Waals surface area contributed by atoms with Gasteiger partial charge in [-0.1, -0.05) is 69.3 Å². The molecule has 3 heteroatoms. The molecule has 1 saturated carbocycles. The molecule has 0 spiro atoms. The lowest BCUT2D eigenvalue weighted by atomic mass is 9.77. The van der Waals surface area contributed by atoms with Crippen LogP contribution in [0.5, 0.6) is 0 Å². The van der Waals surface area contributed by atoms with Gasteiger partial charge >= 0.3 is 0 Å². The zero-order chi connectivity index (χ0) is 15.2. The van der Waals surface area contributed by atoms with E-state index in [2.05, 4.69) is 48.9 Å². The topological polar surface area (TPSA) is 29.1 Å². The van der Waals surface area contributed by atoms with Crippen LogP contribution in [0.25, 0.3) is 0 Å². The highest BCUT2D eigenvalue weighted by Gasteiger charge is 2.41. The third kappa shape index (κ3) is 4.75. The first kappa shape index (κ1) is 18.0. The Morgan fingerprint density at radius 1 is 1.20 bits per heavy atom. The molecule has 1 unspecified atom stereocenters. The molecule has 0 aliphatic heterocycles. The van der Waals surface area contributed by atoms with Gasteiger partial charge in [-0.05, 0) is 31.1 Å². The summed E-state index contributed by atoms with van der Waals surface area (Å²) in [4.78, 5) is 13.1. The Labute approximate surface area is 133 Å². The van der Waals surface area contributed by atoms with Gasteiger partial charge in [-0.3, -0.25) is 4.79 Å². The van der Waals surface area contributed by atoms with E-state index in [0.29, 0.717) is 22.6 Å². The molecular weight excluding hydrogens is 314 g/mol. The fourth-order valence-corrected chi connectivity index (χ4v) is 4.61. The second-order valence-electron chi connectivity index (χ2n) is 6.89. The number of hydrogen-bond acceptors (Lipinski definition) is 1. The molecule has 1 aliphatic rings. The van der Waals surface area contributed by atoms with E-state index in [1.165, 1.54) is 25.7 Å². The van der Waals surface area contributed by atoms with E-state index in [0.717, 1.165) is 25.8 Å². The minimum Gasteiger partial charge on any atom is -0.354 e. The van der Waals surface area contributed by atoms with Crippen molar-refractivity contribution in [2.24, 2.45) is 17.3 Å². The number of carbonyl (C=O) groups is 1. The Hall–Kier alpha value is -0.0500. The van der Waals surface area contributed by atoms with E-state index in [1.807, 2.05) is 0 Å². The molecule has 1 atom stereocenters. The average molecular weight is 346 g/mol. The first-order valence-electron chi connectivity index (χ1n) is 8.37. The smallest absolute Gasteiger partial charge is 0.226 e. The number of hydrogen-bond donors (Lipinski definition) is 1. The van der Waals surface area contributed by atoms with Crippen molar-refractivity contribution < 1.29 is 4.79 Å². The van der Waals surface area contributed by atoms with Gasteiger partial charge in [0.15, 0.2) is 0 Å². The van der Waals surface area contributed by atoms with Crippen molar-refractivity contribution in [3.63, 3.8) is 0 Å². The standard InChI is InChI=1S/C17H32BrNO/c1-5-14(6-2)15(18)12-19-16(20)17(11-13(3)4)9-7-8-10-17/h13-15H,5-12H2,1-4H3,(H,19,20). The van der Waals surface area contributed by atoms with Crippen LogP contribution in [0.4, 0.5) is 0 Å². The summed E-state index contributed by atoms with van der Waals surface area (Å²) in [6.45, 7) is 9.67. The van der Waals surface area contributed by atoms with Gasteiger partial charge in [0.2, 0.25) is 5.91 Å². The SMILES string of the molecule is CCC(CC)C(Br)CNC(=O)C1(CC(C)C)CCCC1. The molecular formula is C17H32BrNO. The fraction of sp³-hybridized carbons (Fsp3) is 0.941. The third-order valence-electron chi connectivity index (χ3n) is 4.86. The van der Waals surface area contributed by atoms with Gasteiger partial charge in [-0.15, -0.1) is 0 Å². The number of alkyl halides is 1. The first-order valence-corrected chi connectivity index (χ1v) is 9.29. The molecule has 1 amide bonds. The van der Waals surface area contributed by atoms with Gasteiger partial charge in [0.25, 0.3) is 0 Å². The molecule has 0 aromatic rings. The van der Waals surface area contributed by atoms with E-state index in [4.69, 9.17) is 0 Å². The van der Waals surface area contributed by atoms with Crippen LogP contribution in [-0.2, 0) is 4.79 Å². The second kappa shape index (κ2) is 8.41. The Morgan fingerprint density at radius 3 is 2.20 bits per heavy atom. The van der Waals surface area contributed by atoms with E-state index in [1.54, 1.807) is 0 Å². The highest BCUT2D eigenvalue weighted by atomic mass is 79.9.